The number of phenolic OH excluding ortho intramolecular Hbond substituents is 1. The van der Waals surface area contributed by atoms with E-state index in [0.717, 1.165) is 18.2 Å². The van der Waals surface area contributed by atoms with Crippen molar-refractivity contribution in [1.82, 2.24) is 14.8 Å². The molecule has 0 aliphatic carbocycles. The second-order valence-corrected chi connectivity index (χ2v) is 5.33. The van der Waals surface area contributed by atoms with Gasteiger partial charge in [0.05, 0.1) is 5.56 Å². The van der Waals surface area contributed by atoms with E-state index in [0.29, 0.717) is 31.9 Å². The Morgan fingerprint density at radius 3 is 2.30 bits per heavy atom. The number of aromatic amines is 1. The second kappa shape index (κ2) is 6.12. The number of nitrogens with zero attached hydrogens (tertiary/aromatic N) is 2. The smallest absolute Gasteiger partial charge is 0.270 e. The number of hydrogen-bond acceptors (Lipinski definition) is 3. The summed E-state index contributed by atoms with van der Waals surface area (Å²) in [6.07, 6.45) is 1.68. The molecule has 0 spiro atoms. The van der Waals surface area contributed by atoms with Crippen molar-refractivity contribution in [2.75, 3.05) is 26.2 Å². The van der Waals surface area contributed by atoms with Gasteiger partial charge in [0.2, 0.25) is 0 Å². The van der Waals surface area contributed by atoms with Gasteiger partial charge in [-0.3, -0.25) is 9.59 Å². The van der Waals surface area contributed by atoms with E-state index in [1.165, 1.54) is 4.90 Å². The van der Waals surface area contributed by atoms with Gasteiger partial charge in [-0.15, -0.1) is 0 Å². The van der Waals surface area contributed by atoms with Gasteiger partial charge < -0.3 is 19.9 Å². The Balaban J connectivity index is 1.66. The quantitative estimate of drug-likeness (QED) is 0.880. The number of nitrogens with one attached hydrogen (secondary N) is 1. The van der Waals surface area contributed by atoms with Gasteiger partial charge in [-0.05, 0) is 30.3 Å². The van der Waals surface area contributed by atoms with E-state index >= 15 is 0 Å². The number of benzene rings is 1. The summed E-state index contributed by atoms with van der Waals surface area (Å²) in [4.78, 5) is 30.6. The van der Waals surface area contributed by atoms with Crippen molar-refractivity contribution in [1.29, 1.82) is 0 Å². The zero-order valence-electron chi connectivity index (χ0n) is 12.3. The highest BCUT2D eigenvalue weighted by molar-refractivity contribution is 5.97. The van der Waals surface area contributed by atoms with Crippen LogP contribution in [0.25, 0.3) is 0 Å². The minimum absolute atomic E-state index is 0.0610. The predicted molar refractivity (Wildman–Crippen MR) is 80.7 cm³/mol. The first-order chi connectivity index (χ1) is 11.1. The highest BCUT2D eigenvalue weighted by Crippen LogP contribution is 2.20. The van der Waals surface area contributed by atoms with Crippen LogP contribution in [0, 0.1) is 5.82 Å². The third kappa shape index (κ3) is 3.03. The molecule has 1 aliphatic heterocycles. The molecule has 0 bridgehead atoms. The van der Waals surface area contributed by atoms with Crippen molar-refractivity contribution in [2.45, 2.75) is 0 Å². The maximum atomic E-state index is 13.3. The van der Waals surface area contributed by atoms with Gasteiger partial charge in [0.15, 0.2) is 0 Å². The fraction of sp³-hybridized carbons (Fsp3) is 0.250. The Morgan fingerprint density at radius 2 is 1.70 bits per heavy atom. The highest BCUT2D eigenvalue weighted by Gasteiger charge is 2.27. The monoisotopic (exact) mass is 317 g/mol. The van der Waals surface area contributed by atoms with Crippen molar-refractivity contribution in [3.63, 3.8) is 0 Å². The van der Waals surface area contributed by atoms with E-state index in [9.17, 15) is 19.1 Å². The van der Waals surface area contributed by atoms with Crippen LogP contribution in [-0.2, 0) is 0 Å². The number of piperazine rings is 1. The van der Waals surface area contributed by atoms with Gasteiger partial charge in [0.25, 0.3) is 11.8 Å². The molecule has 23 heavy (non-hydrogen) atoms. The molecule has 2 amide bonds. The molecule has 6 nitrogen and oxygen atoms in total. The molecule has 0 radical (unpaired) electrons. The molecule has 120 valence electrons. The van der Waals surface area contributed by atoms with E-state index in [-0.39, 0.29) is 17.2 Å². The van der Waals surface area contributed by atoms with E-state index in [1.807, 2.05) is 0 Å². The summed E-state index contributed by atoms with van der Waals surface area (Å²) in [5, 5.41) is 9.72. The number of aromatic nitrogens is 1. The molecular weight excluding hydrogens is 301 g/mol. The lowest BCUT2D eigenvalue weighted by atomic mass is 10.1. The third-order valence-electron chi connectivity index (χ3n) is 3.87. The van der Waals surface area contributed by atoms with Gasteiger partial charge in [0.1, 0.15) is 17.3 Å². The van der Waals surface area contributed by atoms with E-state index in [4.69, 9.17) is 0 Å². The van der Waals surface area contributed by atoms with Crippen molar-refractivity contribution < 1.29 is 19.1 Å². The standard InChI is InChI=1S/C16H16FN3O3/c17-11-3-4-14(21)12(10-11)15(22)19-6-8-20(9-7-19)16(23)13-2-1-5-18-13/h1-5,10,18,21H,6-9H2. The molecule has 2 aromatic rings. The lowest BCUT2D eigenvalue weighted by Crippen LogP contribution is -2.50. The molecule has 2 N–H and O–H groups in total. The summed E-state index contributed by atoms with van der Waals surface area (Å²) in [7, 11) is 0. The number of H-pyrrole nitrogens is 1. The predicted octanol–water partition coefficient (Wildman–Crippen LogP) is 1.46. The first-order valence-corrected chi connectivity index (χ1v) is 7.27. The number of phenols is 1. The summed E-state index contributed by atoms with van der Waals surface area (Å²) < 4.78 is 13.3. The van der Waals surface area contributed by atoms with E-state index in [2.05, 4.69) is 4.98 Å². The van der Waals surface area contributed by atoms with Gasteiger partial charge >= 0.3 is 0 Å². The number of hydrogen-bond donors (Lipinski definition) is 2. The van der Waals surface area contributed by atoms with E-state index < -0.39 is 11.7 Å². The minimum Gasteiger partial charge on any atom is -0.507 e. The number of aromatic hydroxyl groups is 1. The van der Waals surface area contributed by atoms with Crippen LogP contribution in [0.4, 0.5) is 4.39 Å². The van der Waals surface area contributed by atoms with Crippen LogP contribution >= 0.6 is 0 Å². The number of amides is 2. The zero-order valence-corrected chi connectivity index (χ0v) is 12.3. The Hall–Kier alpha value is -2.83. The van der Waals surface area contributed by atoms with Crippen LogP contribution in [0.2, 0.25) is 0 Å². The fourth-order valence-electron chi connectivity index (χ4n) is 2.60. The summed E-state index contributed by atoms with van der Waals surface area (Å²) in [6, 6.07) is 6.73. The summed E-state index contributed by atoms with van der Waals surface area (Å²) in [6.45, 7) is 1.45. The van der Waals surface area contributed by atoms with Crippen LogP contribution in [-0.4, -0.2) is 57.9 Å². The van der Waals surface area contributed by atoms with Crippen molar-refractivity contribution in [3.8, 4) is 5.75 Å². The van der Waals surface area contributed by atoms with Crippen LogP contribution in [0.15, 0.2) is 36.5 Å². The Morgan fingerprint density at radius 1 is 1.04 bits per heavy atom. The Bertz CT molecular complexity index is 722. The van der Waals surface area contributed by atoms with Gasteiger partial charge in [0, 0.05) is 32.4 Å². The molecule has 0 atom stereocenters. The Labute approximate surface area is 132 Å². The molecule has 0 unspecified atom stereocenters. The average Bonchev–Trinajstić information content (AvgIpc) is 3.10. The number of rotatable bonds is 2. The van der Waals surface area contributed by atoms with Gasteiger partial charge in [-0.2, -0.15) is 0 Å². The molecule has 0 saturated carbocycles. The van der Waals surface area contributed by atoms with Crippen molar-refractivity contribution in [2.24, 2.45) is 0 Å². The second-order valence-electron chi connectivity index (χ2n) is 5.33. The normalized spacial score (nSPS) is 14.8. The molecule has 7 heteroatoms. The van der Waals surface area contributed by atoms with Crippen molar-refractivity contribution >= 4 is 11.8 Å². The summed E-state index contributed by atoms with van der Waals surface area (Å²) in [5.41, 5.74) is 0.446. The number of halogens is 1. The number of carbonyl (C=O) groups is 2. The van der Waals surface area contributed by atoms with Crippen LogP contribution in [0.1, 0.15) is 20.8 Å². The molecule has 2 heterocycles. The molecule has 3 rings (SSSR count). The molecular formula is C16H16FN3O3. The van der Waals surface area contributed by atoms with Crippen LogP contribution in [0.3, 0.4) is 0 Å². The lowest BCUT2D eigenvalue weighted by molar-refractivity contribution is 0.0530. The van der Waals surface area contributed by atoms with Gasteiger partial charge in [-0.25, -0.2) is 4.39 Å². The summed E-state index contributed by atoms with van der Waals surface area (Å²) >= 11 is 0. The van der Waals surface area contributed by atoms with E-state index in [1.54, 1.807) is 23.2 Å². The first kappa shape index (κ1) is 15.1. The highest BCUT2D eigenvalue weighted by atomic mass is 19.1. The van der Waals surface area contributed by atoms with Crippen LogP contribution < -0.4 is 0 Å². The SMILES string of the molecule is O=C(c1ccc[nH]1)N1CCN(C(=O)c2cc(F)ccc2O)CC1. The average molecular weight is 317 g/mol. The first-order valence-electron chi connectivity index (χ1n) is 7.27. The van der Waals surface area contributed by atoms with Crippen molar-refractivity contribution in [3.05, 3.63) is 53.6 Å². The zero-order chi connectivity index (χ0) is 16.4. The molecule has 1 aliphatic rings. The lowest BCUT2D eigenvalue weighted by Gasteiger charge is -2.34. The molecule has 1 aromatic heterocycles. The van der Waals surface area contributed by atoms with Gasteiger partial charge in [-0.1, -0.05) is 0 Å². The summed E-state index contributed by atoms with van der Waals surface area (Å²) in [5.74, 6) is -1.38. The maximum absolute atomic E-state index is 13.3. The molecule has 1 fully saturated rings. The minimum atomic E-state index is -0.577. The fourth-order valence-corrected chi connectivity index (χ4v) is 2.60. The number of carbonyl (C=O) groups excluding carboxylic acids is 2. The van der Waals surface area contributed by atoms with Crippen LogP contribution in [0.5, 0.6) is 5.75 Å². The Kier molecular flexibility index (Phi) is 4.01. The molecule has 1 aromatic carbocycles. The molecule has 1 saturated heterocycles. The largest absolute Gasteiger partial charge is 0.507 e. The topological polar surface area (TPSA) is 76.6 Å². The maximum Gasteiger partial charge on any atom is 0.270 e. The third-order valence-corrected chi connectivity index (χ3v) is 3.87.